The number of nitrogens with one attached hydrogen (secondary N) is 1. The Morgan fingerprint density at radius 1 is 1.71 bits per heavy atom. The van der Waals surface area contributed by atoms with E-state index in [1.807, 2.05) is 0 Å². The third kappa shape index (κ3) is 4.55. The van der Waals surface area contributed by atoms with Crippen LogP contribution in [0.1, 0.15) is 13.8 Å². The Morgan fingerprint density at radius 3 is 2.43 bits per heavy atom. The Morgan fingerprint density at radius 2 is 2.29 bits per heavy atom. The summed E-state index contributed by atoms with van der Waals surface area (Å²) in [6.07, 6.45) is 0. The molecule has 0 saturated carbocycles. The topological polar surface area (TPSA) is 12.0 Å². The van der Waals surface area contributed by atoms with Crippen LogP contribution in [0.15, 0.2) is 0 Å². The van der Waals surface area contributed by atoms with Crippen molar-refractivity contribution in [1.29, 1.82) is 0 Å². The molecule has 0 aromatic carbocycles. The molecule has 0 aliphatic heterocycles. The highest BCUT2D eigenvalue weighted by Gasteiger charge is 1.91. The molecule has 0 radical (unpaired) electrons. The first-order chi connectivity index (χ1) is 3.31. The van der Waals surface area contributed by atoms with Gasteiger partial charge in [-0.1, -0.05) is 29.5 Å². The second kappa shape index (κ2) is 4.84. The zero-order valence-corrected chi connectivity index (χ0v) is 7.03. The normalized spacial score (nSPS) is 14.1. The summed E-state index contributed by atoms with van der Waals surface area (Å²) in [7, 11) is 0. The molecule has 7 heavy (non-hydrogen) atoms. The van der Waals surface area contributed by atoms with Crippen LogP contribution < -0.4 is 5.32 Å². The van der Waals surface area contributed by atoms with Gasteiger partial charge in [0.2, 0.25) is 0 Å². The predicted octanol–water partition coefficient (Wildman–Crippen LogP) is 1.42. The van der Waals surface area contributed by atoms with E-state index in [0.717, 1.165) is 6.54 Å². The van der Waals surface area contributed by atoms with Gasteiger partial charge in [-0.15, -0.1) is 0 Å². The Kier molecular flexibility index (Phi) is 5.32. The lowest BCUT2D eigenvalue weighted by molar-refractivity contribution is 0.626. The summed E-state index contributed by atoms with van der Waals surface area (Å²) < 4.78 is 1.20. The van der Waals surface area contributed by atoms with E-state index in [0.29, 0.717) is 6.04 Å². The van der Waals surface area contributed by atoms with Crippen molar-refractivity contribution in [1.82, 2.24) is 5.32 Å². The van der Waals surface area contributed by atoms with E-state index in [4.69, 9.17) is 0 Å². The first kappa shape index (κ1) is 7.69. The zero-order chi connectivity index (χ0) is 5.70. The van der Waals surface area contributed by atoms with Crippen LogP contribution in [-0.4, -0.2) is 17.0 Å². The summed E-state index contributed by atoms with van der Waals surface area (Å²) in [6, 6.07) is 0.686. The van der Waals surface area contributed by atoms with E-state index in [1.165, 1.54) is 4.43 Å². The SMILES string of the molecule is CCN[C@H](C)CI. The van der Waals surface area contributed by atoms with Gasteiger partial charge in [0.05, 0.1) is 0 Å². The molecule has 2 heteroatoms. The maximum Gasteiger partial charge on any atom is 0.0147 e. The second-order valence-corrected chi connectivity index (χ2v) is 2.49. The van der Waals surface area contributed by atoms with E-state index in [1.54, 1.807) is 0 Å². The molecular formula is C5H12IN. The fraction of sp³-hybridized carbons (Fsp3) is 1.00. The summed E-state index contributed by atoms with van der Waals surface area (Å²) >= 11 is 2.37. The first-order valence-electron chi connectivity index (χ1n) is 2.60. The molecule has 0 aromatic rings. The average molecular weight is 213 g/mol. The van der Waals surface area contributed by atoms with Gasteiger partial charge >= 0.3 is 0 Å². The highest BCUT2D eigenvalue weighted by Crippen LogP contribution is 1.87. The summed E-state index contributed by atoms with van der Waals surface area (Å²) in [5.74, 6) is 0. The molecule has 0 aliphatic carbocycles. The van der Waals surface area contributed by atoms with Crippen molar-refractivity contribution < 1.29 is 0 Å². The standard InChI is InChI=1S/C5H12IN/c1-3-7-5(2)4-6/h5,7H,3-4H2,1-2H3/t5-/m1/s1. The first-order valence-corrected chi connectivity index (χ1v) is 4.13. The van der Waals surface area contributed by atoms with Crippen LogP contribution in [-0.2, 0) is 0 Å². The lowest BCUT2D eigenvalue weighted by atomic mass is 10.4. The fourth-order valence-corrected chi connectivity index (χ4v) is 0.714. The highest BCUT2D eigenvalue weighted by atomic mass is 127. The van der Waals surface area contributed by atoms with Crippen LogP contribution >= 0.6 is 22.6 Å². The minimum absolute atomic E-state index is 0.686. The number of hydrogen-bond donors (Lipinski definition) is 1. The predicted molar refractivity (Wildman–Crippen MR) is 42.0 cm³/mol. The van der Waals surface area contributed by atoms with Crippen molar-refractivity contribution in [3.8, 4) is 0 Å². The van der Waals surface area contributed by atoms with Gasteiger partial charge in [-0.25, -0.2) is 0 Å². The van der Waals surface area contributed by atoms with Gasteiger partial charge in [-0.3, -0.25) is 0 Å². The smallest absolute Gasteiger partial charge is 0.0147 e. The Bertz CT molecular complexity index is 39.1. The number of alkyl halides is 1. The Labute approximate surface area is 59.0 Å². The van der Waals surface area contributed by atoms with Gasteiger partial charge in [0, 0.05) is 10.5 Å². The van der Waals surface area contributed by atoms with Crippen LogP contribution in [0.5, 0.6) is 0 Å². The van der Waals surface area contributed by atoms with E-state index in [2.05, 4.69) is 41.8 Å². The minimum atomic E-state index is 0.686. The van der Waals surface area contributed by atoms with Crippen LogP contribution in [0.3, 0.4) is 0 Å². The summed E-state index contributed by atoms with van der Waals surface area (Å²) in [4.78, 5) is 0. The van der Waals surface area contributed by atoms with Gasteiger partial charge < -0.3 is 5.32 Å². The van der Waals surface area contributed by atoms with Crippen molar-refractivity contribution in [3.05, 3.63) is 0 Å². The van der Waals surface area contributed by atoms with Crippen molar-refractivity contribution in [2.75, 3.05) is 11.0 Å². The number of halogens is 1. The molecule has 0 saturated heterocycles. The molecule has 0 aromatic heterocycles. The molecule has 0 spiro atoms. The van der Waals surface area contributed by atoms with Crippen molar-refractivity contribution in [3.63, 3.8) is 0 Å². The van der Waals surface area contributed by atoms with Gasteiger partial charge in [-0.05, 0) is 13.5 Å². The molecule has 0 rings (SSSR count). The minimum Gasteiger partial charge on any atom is -0.314 e. The number of hydrogen-bond acceptors (Lipinski definition) is 1. The molecule has 1 nitrogen and oxygen atoms in total. The molecule has 0 amide bonds. The van der Waals surface area contributed by atoms with E-state index in [-0.39, 0.29) is 0 Å². The van der Waals surface area contributed by atoms with Crippen LogP contribution in [0.4, 0.5) is 0 Å². The van der Waals surface area contributed by atoms with Crippen molar-refractivity contribution in [2.24, 2.45) is 0 Å². The molecule has 0 unspecified atom stereocenters. The third-order valence-corrected chi connectivity index (χ3v) is 2.11. The van der Waals surface area contributed by atoms with Crippen LogP contribution in [0.2, 0.25) is 0 Å². The van der Waals surface area contributed by atoms with Gasteiger partial charge in [0.1, 0.15) is 0 Å². The summed E-state index contributed by atoms with van der Waals surface area (Å²) in [5.41, 5.74) is 0. The summed E-state index contributed by atoms with van der Waals surface area (Å²) in [5, 5.41) is 3.29. The van der Waals surface area contributed by atoms with Crippen LogP contribution in [0, 0.1) is 0 Å². The van der Waals surface area contributed by atoms with Crippen molar-refractivity contribution >= 4 is 22.6 Å². The monoisotopic (exact) mass is 213 g/mol. The van der Waals surface area contributed by atoms with Crippen molar-refractivity contribution in [2.45, 2.75) is 19.9 Å². The molecule has 0 bridgehead atoms. The number of rotatable bonds is 3. The maximum atomic E-state index is 3.29. The lowest BCUT2D eigenvalue weighted by Gasteiger charge is -2.05. The Balaban J connectivity index is 2.83. The lowest BCUT2D eigenvalue weighted by Crippen LogP contribution is -2.26. The molecule has 44 valence electrons. The van der Waals surface area contributed by atoms with Gasteiger partial charge in [-0.2, -0.15) is 0 Å². The third-order valence-electron chi connectivity index (χ3n) is 0.784. The highest BCUT2D eigenvalue weighted by molar-refractivity contribution is 14.1. The quantitative estimate of drug-likeness (QED) is 0.552. The molecule has 0 heterocycles. The van der Waals surface area contributed by atoms with E-state index < -0.39 is 0 Å². The van der Waals surface area contributed by atoms with Crippen LogP contribution in [0.25, 0.3) is 0 Å². The largest absolute Gasteiger partial charge is 0.314 e. The fourth-order valence-electron chi connectivity index (χ4n) is 0.403. The average Bonchev–Trinajstić information content (AvgIpc) is 1.68. The Hall–Kier alpha value is 0.690. The molecule has 0 aliphatic rings. The maximum absolute atomic E-state index is 3.29. The zero-order valence-electron chi connectivity index (χ0n) is 4.87. The molecule has 1 N–H and O–H groups in total. The second-order valence-electron chi connectivity index (χ2n) is 1.61. The van der Waals surface area contributed by atoms with E-state index >= 15 is 0 Å². The molecular weight excluding hydrogens is 201 g/mol. The van der Waals surface area contributed by atoms with E-state index in [9.17, 15) is 0 Å². The van der Waals surface area contributed by atoms with Gasteiger partial charge in [0.15, 0.2) is 0 Å². The van der Waals surface area contributed by atoms with Gasteiger partial charge in [0.25, 0.3) is 0 Å². The molecule has 0 fully saturated rings. The molecule has 1 atom stereocenters. The summed E-state index contributed by atoms with van der Waals surface area (Å²) in [6.45, 7) is 5.41.